The summed E-state index contributed by atoms with van der Waals surface area (Å²) < 4.78 is 0. The summed E-state index contributed by atoms with van der Waals surface area (Å²) in [5.74, 6) is 1.89. The van der Waals surface area contributed by atoms with E-state index in [-0.39, 0.29) is 22.7 Å². The molecule has 6 rings (SSSR count). The highest BCUT2D eigenvalue weighted by Crippen LogP contribution is 2.63. The molecule has 3 unspecified atom stereocenters. The van der Waals surface area contributed by atoms with Crippen molar-refractivity contribution in [3.8, 4) is 0 Å². The highest BCUT2D eigenvalue weighted by atomic mass is 32.1. The molecule has 3 N–H and O–H groups in total. The Kier molecular flexibility index (Phi) is 5.94. The molecule has 2 heterocycles. The molecule has 4 aliphatic carbocycles. The first-order valence-electron chi connectivity index (χ1n) is 12.3. The number of carbonyl (C=O) groups is 2. The zero-order chi connectivity index (χ0) is 23.2. The van der Waals surface area contributed by atoms with E-state index >= 15 is 0 Å². The van der Waals surface area contributed by atoms with Crippen molar-refractivity contribution >= 4 is 23.0 Å². The molecular formula is C27H35N3O2S. The summed E-state index contributed by atoms with van der Waals surface area (Å²) in [6.45, 7) is 4.90. The molecule has 0 aliphatic heterocycles. The Balaban J connectivity index is 1.25. The summed E-state index contributed by atoms with van der Waals surface area (Å²) >= 11 is 1.72. The molecule has 33 heavy (non-hydrogen) atoms. The third-order valence-electron chi connectivity index (χ3n) is 8.66. The molecule has 5 nitrogen and oxygen atoms in total. The number of rotatable bonds is 8. The molecule has 0 spiro atoms. The van der Waals surface area contributed by atoms with E-state index in [1.807, 2.05) is 12.1 Å². The van der Waals surface area contributed by atoms with E-state index in [1.54, 1.807) is 23.7 Å². The maximum Gasteiger partial charge on any atom is 0.237 e. The predicted octanol–water partition coefficient (Wildman–Crippen LogP) is 4.12. The van der Waals surface area contributed by atoms with Crippen molar-refractivity contribution in [2.75, 3.05) is 6.54 Å². The third-order valence-corrected chi connectivity index (χ3v) is 9.90. The lowest BCUT2D eigenvalue weighted by Crippen LogP contribution is -2.61. The van der Waals surface area contributed by atoms with Crippen molar-refractivity contribution in [2.24, 2.45) is 34.8 Å². The molecule has 0 radical (unpaired) electrons. The van der Waals surface area contributed by atoms with Gasteiger partial charge < -0.3 is 11.1 Å². The molecule has 176 valence electrons. The van der Waals surface area contributed by atoms with Crippen molar-refractivity contribution < 1.29 is 9.59 Å². The number of nitrogens with two attached hydrogens (primary N) is 1. The number of hydrogen-bond acceptors (Lipinski definition) is 5. The van der Waals surface area contributed by atoms with E-state index in [2.05, 4.69) is 41.7 Å². The lowest BCUT2D eigenvalue weighted by molar-refractivity contribution is -0.153. The van der Waals surface area contributed by atoms with Gasteiger partial charge >= 0.3 is 0 Å². The molecule has 2 aromatic rings. The first-order chi connectivity index (χ1) is 15.8. The van der Waals surface area contributed by atoms with E-state index in [9.17, 15) is 9.59 Å². The van der Waals surface area contributed by atoms with E-state index in [1.165, 1.54) is 4.88 Å². The van der Waals surface area contributed by atoms with Crippen molar-refractivity contribution in [3.63, 3.8) is 0 Å². The number of thiophene rings is 1. The maximum absolute atomic E-state index is 13.5. The minimum Gasteiger partial charge on any atom is -0.354 e. The molecule has 4 fully saturated rings. The van der Waals surface area contributed by atoms with Gasteiger partial charge in [-0.1, -0.05) is 19.9 Å². The number of aromatic nitrogens is 1. The van der Waals surface area contributed by atoms with Crippen LogP contribution in [0.4, 0.5) is 0 Å². The van der Waals surface area contributed by atoms with Gasteiger partial charge in [0.15, 0.2) is 0 Å². The van der Waals surface area contributed by atoms with Crippen LogP contribution in [0.15, 0.2) is 42.0 Å². The second-order valence-corrected chi connectivity index (χ2v) is 12.3. The largest absolute Gasteiger partial charge is 0.354 e. The highest BCUT2D eigenvalue weighted by Gasteiger charge is 2.59. The molecular weight excluding hydrogens is 430 g/mol. The zero-order valence-electron chi connectivity index (χ0n) is 19.6. The van der Waals surface area contributed by atoms with Crippen LogP contribution in [-0.2, 0) is 21.4 Å². The summed E-state index contributed by atoms with van der Waals surface area (Å²) in [7, 11) is 0. The number of carbonyl (C=O) groups excluding carboxylic acids is 2. The lowest BCUT2D eigenvalue weighted by Gasteiger charge is -2.60. The number of ketones is 1. The normalized spacial score (nSPS) is 31.4. The van der Waals surface area contributed by atoms with Gasteiger partial charge in [0.1, 0.15) is 5.78 Å². The molecule has 2 aromatic heterocycles. The maximum atomic E-state index is 13.5. The van der Waals surface area contributed by atoms with Gasteiger partial charge in [0.25, 0.3) is 0 Å². The standard InChI is InChI=1S/C27H35N3O2S/c1-26(2,22-4-3-9-33-22)16-30-25(32)24(28)23-19-10-18-11-20(23)15-27(13-18,14-19)21(31)12-17-5-7-29-8-6-17/h3-9,18-20,23-24H,10-16,28H2,1-2H3,(H,30,32). The first-order valence-corrected chi connectivity index (χ1v) is 13.1. The highest BCUT2D eigenvalue weighted by molar-refractivity contribution is 7.10. The minimum absolute atomic E-state index is 0.0331. The van der Waals surface area contributed by atoms with Gasteiger partial charge in [-0.2, -0.15) is 0 Å². The van der Waals surface area contributed by atoms with Gasteiger partial charge in [0, 0.05) is 41.1 Å². The Morgan fingerprint density at radius 3 is 2.52 bits per heavy atom. The van der Waals surface area contributed by atoms with Crippen LogP contribution in [0.5, 0.6) is 0 Å². The van der Waals surface area contributed by atoms with Crippen LogP contribution in [0, 0.1) is 29.1 Å². The summed E-state index contributed by atoms with van der Waals surface area (Å²) in [4.78, 5) is 31.9. The number of pyridine rings is 1. The quantitative estimate of drug-likeness (QED) is 0.614. The fourth-order valence-electron chi connectivity index (χ4n) is 7.22. The third kappa shape index (κ3) is 4.28. The Morgan fingerprint density at radius 1 is 1.18 bits per heavy atom. The van der Waals surface area contributed by atoms with Crippen LogP contribution >= 0.6 is 11.3 Å². The van der Waals surface area contributed by atoms with Gasteiger partial charge in [0.05, 0.1) is 6.04 Å². The van der Waals surface area contributed by atoms with Crippen molar-refractivity contribution in [1.29, 1.82) is 0 Å². The molecule has 6 heteroatoms. The fourth-order valence-corrected chi connectivity index (χ4v) is 8.07. The van der Waals surface area contributed by atoms with Crippen LogP contribution in [0.2, 0.25) is 0 Å². The number of nitrogens with one attached hydrogen (secondary N) is 1. The van der Waals surface area contributed by atoms with E-state index in [0.29, 0.717) is 36.5 Å². The topological polar surface area (TPSA) is 85.1 Å². The number of hydrogen-bond donors (Lipinski definition) is 2. The number of Topliss-reactive ketones (excluding diaryl/α,β-unsaturated/α-hetero) is 1. The monoisotopic (exact) mass is 465 g/mol. The summed E-state index contributed by atoms with van der Waals surface area (Å²) in [6.07, 6.45) is 9.06. The fraction of sp³-hybridized carbons (Fsp3) is 0.593. The number of nitrogens with zero attached hydrogens (tertiary/aromatic N) is 1. The Morgan fingerprint density at radius 2 is 1.88 bits per heavy atom. The summed E-state index contributed by atoms with van der Waals surface area (Å²) in [5, 5.41) is 5.23. The molecule has 4 saturated carbocycles. The van der Waals surface area contributed by atoms with Gasteiger partial charge in [-0.05, 0) is 84.9 Å². The molecule has 4 bridgehead atoms. The van der Waals surface area contributed by atoms with Gasteiger partial charge in [0.2, 0.25) is 5.91 Å². The SMILES string of the molecule is CC(C)(CNC(=O)C(N)C1C2CC3CC1CC(C(=O)Cc1ccncc1)(C3)C2)c1cccs1. The van der Waals surface area contributed by atoms with Crippen molar-refractivity contribution in [2.45, 2.75) is 63.8 Å². The molecule has 0 aromatic carbocycles. The Labute approximate surface area is 200 Å². The van der Waals surface area contributed by atoms with Gasteiger partial charge in [-0.25, -0.2) is 0 Å². The summed E-state index contributed by atoms with van der Waals surface area (Å²) in [6, 6.07) is 7.57. The lowest BCUT2D eigenvalue weighted by atomic mass is 9.44. The van der Waals surface area contributed by atoms with Crippen LogP contribution in [0.3, 0.4) is 0 Å². The first kappa shape index (κ1) is 22.7. The van der Waals surface area contributed by atoms with Crippen LogP contribution < -0.4 is 11.1 Å². The van der Waals surface area contributed by atoms with Gasteiger partial charge in [-0.3, -0.25) is 14.6 Å². The molecule has 4 aliphatic rings. The van der Waals surface area contributed by atoms with Crippen LogP contribution in [-0.4, -0.2) is 29.3 Å². The van der Waals surface area contributed by atoms with Crippen molar-refractivity contribution in [1.82, 2.24) is 10.3 Å². The smallest absolute Gasteiger partial charge is 0.237 e. The summed E-state index contributed by atoms with van der Waals surface area (Å²) in [5.41, 5.74) is 7.35. The molecule has 3 atom stereocenters. The zero-order valence-corrected chi connectivity index (χ0v) is 20.4. The second-order valence-electron chi connectivity index (χ2n) is 11.4. The predicted molar refractivity (Wildman–Crippen MR) is 131 cm³/mol. The number of amides is 1. The van der Waals surface area contributed by atoms with E-state index in [4.69, 9.17) is 5.73 Å². The average Bonchev–Trinajstić information content (AvgIpc) is 3.33. The average molecular weight is 466 g/mol. The van der Waals surface area contributed by atoms with Crippen molar-refractivity contribution in [3.05, 3.63) is 52.5 Å². The molecule has 0 saturated heterocycles. The second kappa shape index (κ2) is 8.62. The minimum atomic E-state index is -0.494. The van der Waals surface area contributed by atoms with Crippen LogP contribution in [0.1, 0.15) is 56.4 Å². The molecule has 1 amide bonds. The Bertz CT molecular complexity index is 988. The Hall–Kier alpha value is -2.05. The van der Waals surface area contributed by atoms with E-state index < -0.39 is 6.04 Å². The van der Waals surface area contributed by atoms with Crippen LogP contribution in [0.25, 0.3) is 0 Å². The van der Waals surface area contributed by atoms with Gasteiger partial charge in [-0.15, -0.1) is 11.3 Å². The van der Waals surface area contributed by atoms with E-state index in [0.717, 1.165) is 37.7 Å².